The minimum atomic E-state index is -0.942. The molecule has 0 fully saturated rings. The van der Waals surface area contributed by atoms with Crippen molar-refractivity contribution >= 4 is 29.0 Å². The van der Waals surface area contributed by atoms with Crippen molar-refractivity contribution in [2.45, 2.75) is 13.0 Å². The van der Waals surface area contributed by atoms with Crippen molar-refractivity contribution in [1.29, 1.82) is 0 Å². The predicted octanol–water partition coefficient (Wildman–Crippen LogP) is 3.42. The van der Waals surface area contributed by atoms with Gasteiger partial charge in [-0.2, -0.15) is 0 Å². The molecule has 8 heteroatoms. The van der Waals surface area contributed by atoms with Gasteiger partial charge in [0, 0.05) is 24.5 Å². The third-order valence-corrected chi connectivity index (χ3v) is 4.63. The van der Waals surface area contributed by atoms with Crippen LogP contribution in [0.5, 0.6) is 0 Å². The summed E-state index contributed by atoms with van der Waals surface area (Å²) in [6.07, 6.45) is 2.89. The van der Waals surface area contributed by atoms with Crippen molar-refractivity contribution in [2.24, 2.45) is 0 Å². The van der Waals surface area contributed by atoms with E-state index in [1.54, 1.807) is 54.7 Å². The number of rotatable bonds is 5. The summed E-state index contributed by atoms with van der Waals surface area (Å²) in [6.45, 7) is 1.39. The lowest BCUT2D eigenvalue weighted by Crippen LogP contribution is -2.31. The average molecular weight is 403 g/mol. The number of anilines is 2. The highest BCUT2D eigenvalue weighted by molar-refractivity contribution is 6.20. The van der Waals surface area contributed by atoms with Crippen molar-refractivity contribution in [2.75, 3.05) is 10.2 Å². The van der Waals surface area contributed by atoms with Crippen LogP contribution >= 0.6 is 0 Å². The molecule has 4 rings (SSSR count). The van der Waals surface area contributed by atoms with Gasteiger partial charge in [-0.3, -0.25) is 24.3 Å². The van der Waals surface area contributed by atoms with Crippen LogP contribution in [0.4, 0.5) is 11.4 Å². The van der Waals surface area contributed by atoms with Crippen molar-refractivity contribution < 1.29 is 23.9 Å². The molecule has 1 aliphatic rings. The van der Waals surface area contributed by atoms with Crippen molar-refractivity contribution in [3.05, 3.63) is 89.8 Å². The minimum absolute atomic E-state index is 0.00753. The third kappa shape index (κ3) is 3.35. The number of hydrogen-bond acceptors (Lipinski definition) is 6. The fourth-order valence-corrected chi connectivity index (χ4v) is 3.37. The summed E-state index contributed by atoms with van der Waals surface area (Å²) in [7, 11) is 0. The van der Waals surface area contributed by atoms with Crippen LogP contribution in [-0.2, 0) is 9.59 Å². The monoisotopic (exact) mass is 403 g/mol. The van der Waals surface area contributed by atoms with E-state index < -0.39 is 23.5 Å². The van der Waals surface area contributed by atoms with E-state index in [0.29, 0.717) is 17.1 Å². The Bertz CT molecular complexity index is 1140. The Labute approximate surface area is 171 Å². The number of aliphatic hydroxyl groups is 1. The van der Waals surface area contributed by atoms with Gasteiger partial charge in [-0.05, 0) is 48.5 Å². The Morgan fingerprint density at radius 1 is 1.10 bits per heavy atom. The molecule has 1 aromatic carbocycles. The number of Topliss-reactive ketones (excluding diaryl/α,β-unsaturated/α-hetero) is 1. The Morgan fingerprint density at radius 2 is 1.87 bits per heavy atom. The molecule has 150 valence electrons. The van der Waals surface area contributed by atoms with E-state index in [9.17, 15) is 19.5 Å². The first kappa shape index (κ1) is 19.1. The highest BCUT2D eigenvalue weighted by atomic mass is 16.3. The Morgan fingerprint density at radius 3 is 2.47 bits per heavy atom. The van der Waals surface area contributed by atoms with E-state index in [1.165, 1.54) is 24.2 Å². The van der Waals surface area contributed by atoms with Crippen LogP contribution in [0, 0.1) is 0 Å². The maximum atomic E-state index is 13.0. The van der Waals surface area contributed by atoms with Crippen LogP contribution < -0.4 is 10.2 Å². The summed E-state index contributed by atoms with van der Waals surface area (Å²) in [5.41, 5.74) is 1.28. The third-order valence-electron chi connectivity index (χ3n) is 4.63. The van der Waals surface area contributed by atoms with E-state index in [2.05, 4.69) is 10.3 Å². The number of ketones is 1. The first-order chi connectivity index (χ1) is 14.5. The molecule has 8 nitrogen and oxygen atoms in total. The largest absolute Gasteiger partial charge is 0.503 e. The number of benzene rings is 1. The Hall–Kier alpha value is -4.20. The van der Waals surface area contributed by atoms with Gasteiger partial charge in [0.25, 0.3) is 5.91 Å². The zero-order valence-electron chi connectivity index (χ0n) is 15.9. The highest BCUT2D eigenvalue weighted by Gasteiger charge is 2.45. The standard InChI is InChI=1S/C22H17N3O5/c1-13(26)24-14-7-9-15(10-8-14)25-19(16-5-2-3-11-23-16)18(21(28)22(25)29)20(27)17-6-4-12-30-17/h2-12,19,28H,1H3,(H,24,26). The van der Waals surface area contributed by atoms with Gasteiger partial charge in [-0.25, -0.2) is 0 Å². The first-order valence-electron chi connectivity index (χ1n) is 9.11. The van der Waals surface area contributed by atoms with Gasteiger partial charge < -0.3 is 14.8 Å². The molecule has 0 radical (unpaired) electrons. The number of pyridine rings is 1. The van der Waals surface area contributed by atoms with Crippen molar-refractivity contribution in [3.8, 4) is 0 Å². The molecule has 1 unspecified atom stereocenters. The Kier molecular flexibility index (Phi) is 4.89. The van der Waals surface area contributed by atoms with E-state index in [0.717, 1.165) is 0 Å². The molecule has 2 amide bonds. The van der Waals surface area contributed by atoms with Crippen molar-refractivity contribution in [1.82, 2.24) is 4.98 Å². The molecular weight excluding hydrogens is 386 g/mol. The van der Waals surface area contributed by atoms with E-state index in [4.69, 9.17) is 4.42 Å². The molecule has 2 N–H and O–H groups in total. The molecule has 3 aromatic rings. The van der Waals surface area contributed by atoms with Crippen LogP contribution in [0.25, 0.3) is 0 Å². The quantitative estimate of drug-likeness (QED) is 0.631. The van der Waals surface area contributed by atoms with Gasteiger partial charge in [0.2, 0.25) is 11.7 Å². The van der Waals surface area contributed by atoms with Crippen LogP contribution in [0.1, 0.15) is 29.2 Å². The number of furan rings is 1. The van der Waals surface area contributed by atoms with Gasteiger partial charge in [-0.15, -0.1) is 0 Å². The molecule has 1 atom stereocenters. The van der Waals surface area contributed by atoms with Gasteiger partial charge in [0.1, 0.15) is 6.04 Å². The fourth-order valence-electron chi connectivity index (χ4n) is 3.37. The molecule has 2 aromatic heterocycles. The molecule has 0 bridgehead atoms. The van der Waals surface area contributed by atoms with E-state index >= 15 is 0 Å². The molecule has 0 saturated heterocycles. The van der Waals surface area contributed by atoms with Gasteiger partial charge >= 0.3 is 0 Å². The van der Waals surface area contributed by atoms with Gasteiger partial charge in [0.05, 0.1) is 17.5 Å². The maximum absolute atomic E-state index is 13.0. The molecule has 1 aliphatic heterocycles. The number of amides is 2. The van der Waals surface area contributed by atoms with Crippen LogP contribution in [0.15, 0.2) is 82.8 Å². The topological polar surface area (TPSA) is 113 Å². The number of hydrogen-bond donors (Lipinski definition) is 2. The lowest BCUT2D eigenvalue weighted by molar-refractivity contribution is -0.117. The second-order valence-electron chi connectivity index (χ2n) is 6.63. The smallest absolute Gasteiger partial charge is 0.294 e. The second-order valence-corrected chi connectivity index (χ2v) is 6.63. The number of carbonyl (C=O) groups is 3. The summed E-state index contributed by atoms with van der Waals surface area (Å²) in [4.78, 5) is 42.8. The molecule has 0 saturated carbocycles. The highest BCUT2D eigenvalue weighted by Crippen LogP contribution is 2.41. The molecule has 0 aliphatic carbocycles. The fraction of sp³-hybridized carbons (Fsp3) is 0.0909. The van der Waals surface area contributed by atoms with Crippen LogP contribution in [0.3, 0.4) is 0 Å². The summed E-state index contributed by atoms with van der Waals surface area (Å²) < 4.78 is 5.18. The number of aliphatic hydroxyl groups excluding tert-OH is 1. The summed E-state index contributed by atoms with van der Waals surface area (Å²) in [5, 5.41) is 13.3. The second kappa shape index (κ2) is 7.67. The average Bonchev–Trinajstić information content (AvgIpc) is 3.36. The predicted molar refractivity (Wildman–Crippen MR) is 108 cm³/mol. The summed E-state index contributed by atoms with van der Waals surface area (Å²) in [6, 6.07) is 13.7. The van der Waals surface area contributed by atoms with Crippen molar-refractivity contribution in [3.63, 3.8) is 0 Å². The van der Waals surface area contributed by atoms with Crippen LogP contribution in [-0.4, -0.2) is 27.7 Å². The molecular formula is C22H17N3O5. The first-order valence-corrected chi connectivity index (χ1v) is 9.11. The molecule has 0 spiro atoms. The normalized spacial score (nSPS) is 16.1. The van der Waals surface area contributed by atoms with E-state index in [-0.39, 0.29) is 17.2 Å². The lowest BCUT2D eigenvalue weighted by atomic mass is 9.98. The molecule has 3 heterocycles. The minimum Gasteiger partial charge on any atom is -0.503 e. The Balaban J connectivity index is 1.80. The molecule has 30 heavy (non-hydrogen) atoms. The number of aromatic nitrogens is 1. The maximum Gasteiger partial charge on any atom is 0.294 e. The zero-order valence-corrected chi connectivity index (χ0v) is 15.9. The number of nitrogens with one attached hydrogen (secondary N) is 1. The van der Waals surface area contributed by atoms with Crippen LogP contribution in [0.2, 0.25) is 0 Å². The van der Waals surface area contributed by atoms with Gasteiger partial charge in [0.15, 0.2) is 11.5 Å². The zero-order chi connectivity index (χ0) is 21.3. The number of carbonyl (C=O) groups excluding carboxylic acids is 3. The van der Waals surface area contributed by atoms with Gasteiger partial charge in [-0.1, -0.05) is 6.07 Å². The SMILES string of the molecule is CC(=O)Nc1ccc(N2C(=O)C(O)=C(C(=O)c3ccco3)C2c2ccccn2)cc1. The van der Waals surface area contributed by atoms with E-state index in [1.807, 2.05) is 0 Å². The summed E-state index contributed by atoms with van der Waals surface area (Å²) >= 11 is 0. The lowest BCUT2D eigenvalue weighted by Gasteiger charge is -2.26. The summed E-state index contributed by atoms with van der Waals surface area (Å²) in [5.74, 6) is -2.20. The number of nitrogens with zero attached hydrogens (tertiary/aromatic N) is 2.